The Morgan fingerprint density at radius 3 is 2.81 bits per heavy atom. The van der Waals surface area contributed by atoms with E-state index in [1.807, 2.05) is 0 Å². The minimum absolute atomic E-state index is 0.0955. The molecule has 2 rings (SSSR count). The molecule has 0 aliphatic carbocycles. The van der Waals surface area contributed by atoms with Crippen LogP contribution in [-0.4, -0.2) is 16.1 Å². The first-order valence-corrected chi connectivity index (χ1v) is 4.81. The van der Waals surface area contributed by atoms with Crippen molar-refractivity contribution in [1.29, 1.82) is 0 Å². The van der Waals surface area contributed by atoms with Crippen molar-refractivity contribution >= 4 is 23.2 Å². The minimum atomic E-state index is -0.535. The van der Waals surface area contributed by atoms with Crippen molar-refractivity contribution in [2.75, 3.05) is 5.32 Å². The fourth-order valence-corrected chi connectivity index (χ4v) is 1.35. The summed E-state index contributed by atoms with van der Waals surface area (Å²) in [6.07, 6.45) is 1.30. The molecule has 1 heterocycles. The molecule has 0 unspecified atom stereocenters. The smallest absolute Gasteiger partial charge is 0.275 e. The number of halogens is 2. The lowest BCUT2D eigenvalue weighted by Gasteiger charge is -2.04. The van der Waals surface area contributed by atoms with E-state index in [-0.39, 0.29) is 16.4 Å². The van der Waals surface area contributed by atoms with E-state index in [0.717, 1.165) is 0 Å². The highest BCUT2D eigenvalue weighted by molar-refractivity contribution is 6.34. The largest absolute Gasteiger partial charge is 0.318 e. The maximum absolute atomic E-state index is 13.2. The van der Waals surface area contributed by atoms with Crippen molar-refractivity contribution in [1.82, 2.24) is 10.2 Å². The molecule has 6 heteroatoms. The van der Waals surface area contributed by atoms with Crippen molar-refractivity contribution in [2.24, 2.45) is 0 Å². The molecule has 16 heavy (non-hydrogen) atoms. The summed E-state index contributed by atoms with van der Waals surface area (Å²) in [4.78, 5) is 11.6. The standard InChI is InChI=1S/C10H7ClFN3O/c11-6-5-13-15-9(6)10(16)14-8-4-2-1-3-7(8)12/h1-5H,(H,13,15)(H,14,16). The van der Waals surface area contributed by atoms with E-state index >= 15 is 0 Å². The number of aromatic amines is 1. The third kappa shape index (κ3) is 2.04. The molecule has 0 fully saturated rings. The first-order chi connectivity index (χ1) is 7.68. The van der Waals surface area contributed by atoms with E-state index in [4.69, 9.17) is 11.6 Å². The van der Waals surface area contributed by atoms with Gasteiger partial charge < -0.3 is 5.32 Å². The molecule has 0 aliphatic heterocycles. The predicted octanol–water partition coefficient (Wildman–Crippen LogP) is 2.45. The fraction of sp³-hybridized carbons (Fsp3) is 0. The second kappa shape index (κ2) is 4.32. The van der Waals surface area contributed by atoms with Gasteiger partial charge in [0.15, 0.2) is 0 Å². The van der Waals surface area contributed by atoms with Crippen molar-refractivity contribution in [3.8, 4) is 0 Å². The molecule has 2 N–H and O–H groups in total. The zero-order valence-corrected chi connectivity index (χ0v) is 8.75. The number of anilines is 1. The topological polar surface area (TPSA) is 57.8 Å². The summed E-state index contributed by atoms with van der Waals surface area (Å²) in [6, 6.07) is 5.86. The molecule has 0 atom stereocenters. The molecule has 1 aromatic carbocycles. The lowest BCUT2D eigenvalue weighted by molar-refractivity contribution is 0.102. The first kappa shape index (κ1) is 10.6. The highest BCUT2D eigenvalue weighted by atomic mass is 35.5. The third-order valence-corrected chi connectivity index (χ3v) is 2.23. The highest BCUT2D eigenvalue weighted by Gasteiger charge is 2.13. The first-order valence-electron chi connectivity index (χ1n) is 4.43. The van der Waals surface area contributed by atoms with Crippen LogP contribution in [0.15, 0.2) is 30.5 Å². The summed E-state index contributed by atoms with van der Waals surface area (Å²) < 4.78 is 13.2. The second-order valence-electron chi connectivity index (χ2n) is 3.03. The molecule has 82 valence electrons. The Bertz CT molecular complexity index is 526. The molecule has 0 bridgehead atoms. The van der Waals surface area contributed by atoms with Gasteiger partial charge in [-0.2, -0.15) is 5.10 Å². The molecule has 2 aromatic rings. The molecule has 1 aromatic heterocycles. The van der Waals surface area contributed by atoms with Gasteiger partial charge in [0.1, 0.15) is 11.5 Å². The average Bonchev–Trinajstić information content (AvgIpc) is 2.68. The predicted molar refractivity (Wildman–Crippen MR) is 58.0 cm³/mol. The van der Waals surface area contributed by atoms with E-state index in [2.05, 4.69) is 15.5 Å². The molecule has 4 nitrogen and oxygen atoms in total. The van der Waals surface area contributed by atoms with Crippen LogP contribution in [0.3, 0.4) is 0 Å². The SMILES string of the molecule is O=C(Nc1ccccc1F)c1[nH]ncc1Cl. The molecule has 0 aliphatic rings. The Kier molecular flexibility index (Phi) is 2.87. The molecule has 0 saturated carbocycles. The molecule has 1 amide bonds. The van der Waals surface area contributed by atoms with Gasteiger partial charge in [-0.1, -0.05) is 23.7 Å². The Hall–Kier alpha value is -1.88. The third-order valence-electron chi connectivity index (χ3n) is 1.94. The number of hydrogen-bond acceptors (Lipinski definition) is 2. The number of benzene rings is 1. The summed E-state index contributed by atoms with van der Waals surface area (Å²) in [7, 11) is 0. The van der Waals surface area contributed by atoms with Crippen molar-refractivity contribution in [3.05, 3.63) is 47.0 Å². The van der Waals surface area contributed by atoms with E-state index < -0.39 is 11.7 Å². The fourth-order valence-electron chi connectivity index (χ4n) is 1.18. The van der Waals surface area contributed by atoms with Gasteiger partial charge in [-0.25, -0.2) is 4.39 Å². The number of carbonyl (C=O) groups is 1. The van der Waals surface area contributed by atoms with Gasteiger partial charge in [0, 0.05) is 0 Å². The molecular weight excluding hydrogens is 233 g/mol. The minimum Gasteiger partial charge on any atom is -0.318 e. The highest BCUT2D eigenvalue weighted by Crippen LogP contribution is 2.16. The van der Waals surface area contributed by atoms with Crippen LogP contribution in [0, 0.1) is 5.82 Å². The number of H-pyrrole nitrogens is 1. The van der Waals surface area contributed by atoms with E-state index in [1.54, 1.807) is 6.07 Å². The van der Waals surface area contributed by atoms with E-state index in [9.17, 15) is 9.18 Å². The van der Waals surface area contributed by atoms with Gasteiger partial charge >= 0.3 is 0 Å². The van der Waals surface area contributed by atoms with Gasteiger partial charge in [-0.05, 0) is 12.1 Å². The average molecular weight is 240 g/mol. The van der Waals surface area contributed by atoms with Crippen LogP contribution >= 0.6 is 11.6 Å². The van der Waals surface area contributed by atoms with Crippen LogP contribution in [0.5, 0.6) is 0 Å². The van der Waals surface area contributed by atoms with Gasteiger partial charge in [-0.15, -0.1) is 0 Å². The monoisotopic (exact) mass is 239 g/mol. The molecule has 0 radical (unpaired) electrons. The Balaban J connectivity index is 2.21. The van der Waals surface area contributed by atoms with Crippen LogP contribution in [0.1, 0.15) is 10.5 Å². The van der Waals surface area contributed by atoms with Crippen LogP contribution in [0.25, 0.3) is 0 Å². The van der Waals surface area contributed by atoms with Gasteiger partial charge in [-0.3, -0.25) is 9.89 Å². The Labute approximate surface area is 95.4 Å². The maximum atomic E-state index is 13.2. The number of amides is 1. The lowest BCUT2D eigenvalue weighted by atomic mass is 10.3. The summed E-state index contributed by atoms with van der Waals surface area (Å²) in [5.41, 5.74) is 0.197. The zero-order chi connectivity index (χ0) is 11.5. The normalized spacial score (nSPS) is 10.1. The molecule has 0 spiro atoms. The van der Waals surface area contributed by atoms with E-state index in [1.165, 1.54) is 24.4 Å². The van der Waals surface area contributed by atoms with Crippen molar-refractivity contribution in [2.45, 2.75) is 0 Å². The van der Waals surface area contributed by atoms with Crippen LogP contribution in [0.2, 0.25) is 5.02 Å². The second-order valence-corrected chi connectivity index (χ2v) is 3.43. The van der Waals surface area contributed by atoms with Crippen molar-refractivity contribution < 1.29 is 9.18 Å². The number of nitrogens with zero attached hydrogens (tertiary/aromatic N) is 1. The molecular formula is C10H7ClFN3O. The number of aromatic nitrogens is 2. The zero-order valence-electron chi connectivity index (χ0n) is 8.00. The Morgan fingerprint density at radius 1 is 1.44 bits per heavy atom. The van der Waals surface area contributed by atoms with E-state index in [0.29, 0.717) is 0 Å². The maximum Gasteiger partial charge on any atom is 0.275 e. The number of para-hydroxylation sites is 1. The van der Waals surface area contributed by atoms with Gasteiger partial charge in [0.2, 0.25) is 0 Å². The van der Waals surface area contributed by atoms with Crippen molar-refractivity contribution in [3.63, 3.8) is 0 Å². The van der Waals surface area contributed by atoms with Gasteiger partial charge in [0.05, 0.1) is 16.9 Å². The number of carbonyl (C=O) groups excluding carboxylic acids is 1. The summed E-state index contributed by atoms with van der Waals surface area (Å²) in [5, 5.41) is 8.60. The Morgan fingerprint density at radius 2 is 2.19 bits per heavy atom. The lowest BCUT2D eigenvalue weighted by Crippen LogP contribution is -2.13. The van der Waals surface area contributed by atoms with Crippen LogP contribution < -0.4 is 5.32 Å². The summed E-state index contributed by atoms with van der Waals surface area (Å²) >= 11 is 5.69. The summed E-state index contributed by atoms with van der Waals surface area (Å²) in [6.45, 7) is 0. The number of rotatable bonds is 2. The quantitative estimate of drug-likeness (QED) is 0.846. The van der Waals surface area contributed by atoms with Crippen LogP contribution in [0.4, 0.5) is 10.1 Å². The van der Waals surface area contributed by atoms with Crippen LogP contribution in [-0.2, 0) is 0 Å². The molecule has 0 saturated heterocycles. The van der Waals surface area contributed by atoms with Gasteiger partial charge in [0.25, 0.3) is 5.91 Å². The number of nitrogens with one attached hydrogen (secondary N) is 2. The summed E-state index contributed by atoms with van der Waals surface area (Å²) in [5.74, 6) is -1.04. The number of hydrogen-bond donors (Lipinski definition) is 2.